The summed E-state index contributed by atoms with van der Waals surface area (Å²) in [4.78, 5) is 27.8. The SMILES string of the molecule is C[C@H]1CCc2ccccc2N1C(=O)Cn1cnc([N+](=O)[O-])n1. The maximum atomic E-state index is 12.6. The molecule has 0 radical (unpaired) electrons. The number of aromatic nitrogens is 3. The van der Waals surface area contributed by atoms with E-state index in [2.05, 4.69) is 10.1 Å². The van der Waals surface area contributed by atoms with Crippen molar-refractivity contribution in [1.29, 1.82) is 0 Å². The summed E-state index contributed by atoms with van der Waals surface area (Å²) in [5.41, 5.74) is 2.04. The minimum absolute atomic E-state index is 0.0699. The van der Waals surface area contributed by atoms with Crippen LogP contribution in [-0.4, -0.2) is 31.6 Å². The molecule has 114 valence electrons. The summed E-state index contributed by atoms with van der Waals surface area (Å²) in [6, 6.07) is 7.88. The van der Waals surface area contributed by atoms with Crippen LogP contribution >= 0.6 is 0 Å². The Balaban J connectivity index is 1.83. The van der Waals surface area contributed by atoms with Crippen molar-refractivity contribution in [2.75, 3.05) is 4.90 Å². The van der Waals surface area contributed by atoms with E-state index in [4.69, 9.17) is 0 Å². The smallest absolute Gasteiger partial charge is 0.390 e. The highest BCUT2D eigenvalue weighted by Gasteiger charge is 2.29. The topological polar surface area (TPSA) is 94.2 Å². The summed E-state index contributed by atoms with van der Waals surface area (Å²) in [7, 11) is 0. The van der Waals surface area contributed by atoms with Crippen LogP contribution in [0, 0.1) is 10.1 Å². The van der Waals surface area contributed by atoms with Crippen LogP contribution in [0.4, 0.5) is 11.6 Å². The fourth-order valence-electron chi connectivity index (χ4n) is 2.73. The number of aryl methyl sites for hydroxylation is 1. The summed E-state index contributed by atoms with van der Waals surface area (Å²) in [6.45, 7) is 1.93. The number of fused-ring (bicyclic) bond motifs is 1. The molecule has 0 N–H and O–H groups in total. The number of carbonyl (C=O) groups excluding carboxylic acids is 1. The molecule has 1 aromatic carbocycles. The van der Waals surface area contributed by atoms with Crippen LogP contribution in [-0.2, 0) is 17.8 Å². The molecular weight excluding hydrogens is 286 g/mol. The number of nitrogens with zero attached hydrogens (tertiary/aromatic N) is 5. The first kappa shape index (κ1) is 14.2. The van der Waals surface area contributed by atoms with Crippen molar-refractivity contribution in [2.45, 2.75) is 32.4 Å². The number of hydrogen-bond donors (Lipinski definition) is 0. The molecule has 2 heterocycles. The van der Waals surface area contributed by atoms with E-state index >= 15 is 0 Å². The molecule has 0 unspecified atom stereocenters. The molecular formula is C14H15N5O3. The van der Waals surface area contributed by atoms with Crippen molar-refractivity contribution in [1.82, 2.24) is 14.8 Å². The van der Waals surface area contributed by atoms with Gasteiger partial charge in [-0.25, -0.2) is 0 Å². The lowest BCUT2D eigenvalue weighted by Crippen LogP contribution is -2.43. The zero-order valence-corrected chi connectivity index (χ0v) is 12.0. The molecule has 8 heteroatoms. The van der Waals surface area contributed by atoms with Gasteiger partial charge < -0.3 is 15.0 Å². The molecule has 0 saturated carbocycles. The number of hydrogen-bond acceptors (Lipinski definition) is 5. The number of carbonyl (C=O) groups is 1. The lowest BCUT2D eigenvalue weighted by Gasteiger charge is -2.35. The normalized spacial score (nSPS) is 17.1. The van der Waals surface area contributed by atoms with E-state index in [0.717, 1.165) is 24.1 Å². The van der Waals surface area contributed by atoms with Gasteiger partial charge in [-0.15, -0.1) is 0 Å². The van der Waals surface area contributed by atoms with Gasteiger partial charge in [0.2, 0.25) is 12.2 Å². The standard InChI is InChI=1S/C14H15N5O3/c1-10-6-7-11-4-2-3-5-12(11)18(10)13(20)8-17-9-15-14(16-17)19(21)22/h2-5,9-10H,6-8H2,1H3/t10-/m0/s1. The summed E-state index contributed by atoms with van der Waals surface area (Å²) < 4.78 is 1.20. The summed E-state index contributed by atoms with van der Waals surface area (Å²) >= 11 is 0. The Bertz CT molecular complexity index is 727. The molecule has 1 aliphatic rings. The molecule has 3 rings (SSSR count). The molecule has 1 atom stereocenters. The number of benzene rings is 1. The van der Waals surface area contributed by atoms with Gasteiger partial charge in [0.1, 0.15) is 6.54 Å². The van der Waals surface area contributed by atoms with E-state index in [1.807, 2.05) is 31.2 Å². The molecule has 2 aromatic rings. The van der Waals surface area contributed by atoms with E-state index in [1.54, 1.807) is 4.90 Å². The number of para-hydroxylation sites is 1. The fourth-order valence-corrected chi connectivity index (χ4v) is 2.73. The molecule has 8 nitrogen and oxygen atoms in total. The van der Waals surface area contributed by atoms with Crippen LogP contribution in [0.15, 0.2) is 30.6 Å². The van der Waals surface area contributed by atoms with Crippen LogP contribution in [0.3, 0.4) is 0 Å². The van der Waals surface area contributed by atoms with Gasteiger partial charge in [-0.1, -0.05) is 23.2 Å². The Kier molecular flexibility index (Phi) is 3.58. The van der Waals surface area contributed by atoms with Gasteiger partial charge in [0, 0.05) is 16.8 Å². The molecule has 0 fully saturated rings. The van der Waals surface area contributed by atoms with Crippen LogP contribution in [0.1, 0.15) is 18.9 Å². The molecule has 1 aliphatic heterocycles. The predicted octanol–water partition coefficient (Wildman–Crippen LogP) is 1.55. The summed E-state index contributed by atoms with van der Waals surface area (Å²) in [6.07, 6.45) is 3.03. The zero-order valence-electron chi connectivity index (χ0n) is 12.0. The first-order valence-corrected chi connectivity index (χ1v) is 7.00. The third-order valence-electron chi connectivity index (χ3n) is 3.78. The van der Waals surface area contributed by atoms with Gasteiger partial charge in [-0.3, -0.25) is 4.79 Å². The Morgan fingerprint density at radius 2 is 2.23 bits per heavy atom. The third-order valence-corrected chi connectivity index (χ3v) is 3.78. The van der Waals surface area contributed by atoms with Gasteiger partial charge in [0.15, 0.2) is 0 Å². The average Bonchev–Trinajstić information content (AvgIpc) is 2.95. The van der Waals surface area contributed by atoms with E-state index < -0.39 is 10.9 Å². The molecule has 1 aromatic heterocycles. The lowest BCUT2D eigenvalue weighted by atomic mass is 9.96. The molecule has 0 saturated heterocycles. The van der Waals surface area contributed by atoms with Gasteiger partial charge in [0.25, 0.3) is 0 Å². The Morgan fingerprint density at radius 1 is 1.45 bits per heavy atom. The second kappa shape index (κ2) is 5.55. The van der Waals surface area contributed by atoms with Crippen LogP contribution in [0.25, 0.3) is 0 Å². The molecule has 1 amide bonds. The highest BCUT2D eigenvalue weighted by Crippen LogP contribution is 2.30. The first-order chi connectivity index (χ1) is 10.6. The summed E-state index contributed by atoms with van der Waals surface area (Å²) in [5, 5.41) is 14.3. The monoisotopic (exact) mass is 301 g/mol. The zero-order chi connectivity index (χ0) is 15.7. The van der Waals surface area contributed by atoms with Gasteiger partial charge in [-0.2, -0.15) is 4.68 Å². The molecule has 0 bridgehead atoms. The van der Waals surface area contributed by atoms with Crippen LogP contribution in [0.5, 0.6) is 0 Å². The fraction of sp³-hybridized carbons (Fsp3) is 0.357. The van der Waals surface area contributed by atoms with E-state index in [0.29, 0.717) is 0 Å². The van der Waals surface area contributed by atoms with Crippen molar-refractivity contribution < 1.29 is 9.72 Å². The van der Waals surface area contributed by atoms with E-state index in [-0.39, 0.29) is 18.5 Å². The van der Waals surface area contributed by atoms with Gasteiger partial charge in [0.05, 0.1) is 0 Å². The number of rotatable bonds is 3. The van der Waals surface area contributed by atoms with E-state index in [1.165, 1.54) is 11.0 Å². The Labute approximate surface area is 126 Å². The van der Waals surface area contributed by atoms with Crippen molar-refractivity contribution in [2.24, 2.45) is 0 Å². The highest BCUT2D eigenvalue weighted by atomic mass is 16.6. The Morgan fingerprint density at radius 3 is 2.95 bits per heavy atom. The second-order valence-corrected chi connectivity index (χ2v) is 5.28. The molecule has 0 spiro atoms. The third kappa shape index (κ3) is 2.54. The lowest BCUT2D eigenvalue weighted by molar-refractivity contribution is -0.394. The largest absolute Gasteiger partial charge is 0.490 e. The quantitative estimate of drug-likeness (QED) is 0.633. The maximum Gasteiger partial charge on any atom is 0.490 e. The minimum atomic E-state index is -0.681. The summed E-state index contributed by atoms with van der Waals surface area (Å²) in [5.74, 6) is -0.653. The number of amides is 1. The Hall–Kier alpha value is -2.77. The van der Waals surface area contributed by atoms with Gasteiger partial charge in [-0.05, 0) is 36.3 Å². The van der Waals surface area contributed by atoms with E-state index in [9.17, 15) is 14.9 Å². The second-order valence-electron chi connectivity index (χ2n) is 5.28. The number of nitro groups is 1. The minimum Gasteiger partial charge on any atom is -0.390 e. The maximum absolute atomic E-state index is 12.6. The van der Waals surface area contributed by atoms with Crippen molar-refractivity contribution in [3.8, 4) is 0 Å². The predicted molar refractivity (Wildman–Crippen MR) is 78.4 cm³/mol. The van der Waals surface area contributed by atoms with Gasteiger partial charge >= 0.3 is 5.95 Å². The van der Waals surface area contributed by atoms with Crippen LogP contribution in [0.2, 0.25) is 0 Å². The van der Waals surface area contributed by atoms with Crippen molar-refractivity contribution in [3.05, 3.63) is 46.3 Å². The van der Waals surface area contributed by atoms with Crippen LogP contribution < -0.4 is 4.90 Å². The molecule has 22 heavy (non-hydrogen) atoms. The molecule has 0 aliphatic carbocycles. The average molecular weight is 301 g/mol. The first-order valence-electron chi connectivity index (χ1n) is 7.00. The highest BCUT2D eigenvalue weighted by molar-refractivity contribution is 5.95. The van der Waals surface area contributed by atoms with Crippen molar-refractivity contribution in [3.63, 3.8) is 0 Å². The van der Waals surface area contributed by atoms with Crippen molar-refractivity contribution >= 4 is 17.5 Å². The number of anilines is 1.